The van der Waals surface area contributed by atoms with E-state index in [4.69, 9.17) is 19.3 Å². The number of hydrazone groups is 1. The minimum atomic E-state index is -4.07. The molecule has 2 aromatic rings. The predicted octanol–water partition coefficient (Wildman–Crippen LogP) is 1.71. The summed E-state index contributed by atoms with van der Waals surface area (Å²) in [6, 6.07) is 6.45. The zero-order valence-electron chi connectivity index (χ0n) is 15.2. The van der Waals surface area contributed by atoms with Crippen molar-refractivity contribution in [2.45, 2.75) is 4.90 Å². The van der Waals surface area contributed by atoms with Crippen LogP contribution in [-0.2, 0) is 10.0 Å². The van der Waals surface area contributed by atoms with Gasteiger partial charge in [-0.05, 0) is 24.3 Å². The van der Waals surface area contributed by atoms with Gasteiger partial charge in [-0.1, -0.05) is 0 Å². The molecule has 0 atom stereocenters. The molecule has 0 heterocycles. The van der Waals surface area contributed by atoms with Crippen LogP contribution in [0.3, 0.4) is 0 Å². The summed E-state index contributed by atoms with van der Waals surface area (Å²) in [6.45, 7) is 0. The molecule has 0 bridgehead atoms. The van der Waals surface area contributed by atoms with Crippen LogP contribution < -0.4 is 24.8 Å². The number of nitrogens with two attached hydrogens (primary N) is 1. The lowest BCUT2D eigenvalue weighted by atomic mass is 10.2. The molecule has 150 valence electrons. The first-order valence-electron chi connectivity index (χ1n) is 7.61. The molecule has 0 aromatic heterocycles. The van der Waals surface area contributed by atoms with E-state index in [0.29, 0.717) is 22.8 Å². The van der Waals surface area contributed by atoms with Gasteiger partial charge >= 0.3 is 0 Å². The van der Waals surface area contributed by atoms with Gasteiger partial charge in [-0.3, -0.25) is 15.5 Å². The lowest BCUT2D eigenvalue weighted by molar-refractivity contribution is -0.384. The summed E-state index contributed by atoms with van der Waals surface area (Å²) in [4.78, 5) is 10.1. The fraction of sp³-hybridized carbons (Fsp3) is 0.188. The third kappa shape index (κ3) is 4.66. The van der Waals surface area contributed by atoms with Crippen LogP contribution in [0.15, 0.2) is 40.3 Å². The number of nitro groups is 1. The van der Waals surface area contributed by atoms with Gasteiger partial charge in [-0.2, -0.15) is 5.10 Å². The highest BCUT2D eigenvalue weighted by Crippen LogP contribution is 2.37. The van der Waals surface area contributed by atoms with E-state index in [1.54, 1.807) is 12.1 Å². The Hall–Kier alpha value is -3.38. The van der Waals surface area contributed by atoms with Gasteiger partial charge in [0.2, 0.25) is 15.8 Å². The van der Waals surface area contributed by atoms with E-state index < -0.39 is 20.6 Å². The van der Waals surface area contributed by atoms with Gasteiger partial charge in [-0.15, -0.1) is 0 Å². The number of nitrogens with one attached hydrogen (secondary N) is 1. The smallest absolute Gasteiger partial charge is 0.295 e. The van der Waals surface area contributed by atoms with Crippen molar-refractivity contribution in [2.24, 2.45) is 10.2 Å². The minimum Gasteiger partial charge on any atom is -0.493 e. The Bertz CT molecular complexity index is 997. The van der Waals surface area contributed by atoms with Gasteiger partial charge in [0.25, 0.3) is 5.69 Å². The zero-order valence-corrected chi connectivity index (χ0v) is 16.0. The maximum absolute atomic E-state index is 11.4. The topological polar surface area (TPSA) is 155 Å². The van der Waals surface area contributed by atoms with Crippen LogP contribution in [0.2, 0.25) is 0 Å². The molecule has 0 aliphatic carbocycles. The van der Waals surface area contributed by atoms with Crippen LogP contribution in [-0.4, -0.2) is 40.9 Å². The SMILES string of the molecule is COc1cc(/C=N/Nc2ccc(S(N)(=O)=O)cc2[N+](=O)[O-])cc(OC)c1OC. The van der Waals surface area contributed by atoms with E-state index in [1.807, 2.05) is 0 Å². The average molecular weight is 410 g/mol. The van der Waals surface area contributed by atoms with Crippen molar-refractivity contribution in [3.05, 3.63) is 46.0 Å². The molecule has 0 aliphatic rings. The molecule has 0 spiro atoms. The number of sulfonamides is 1. The molecule has 2 rings (SSSR count). The van der Waals surface area contributed by atoms with Gasteiger partial charge in [0.15, 0.2) is 11.5 Å². The maximum Gasteiger partial charge on any atom is 0.295 e. The number of methoxy groups -OCH3 is 3. The van der Waals surface area contributed by atoms with Gasteiger partial charge in [0.1, 0.15) is 5.69 Å². The lowest BCUT2D eigenvalue weighted by Gasteiger charge is -2.12. The monoisotopic (exact) mass is 410 g/mol. The fourth-order valence-corrected chi connectivity index (χ4v) is 2.82. The molecule has 11 nitrogen and oxygen atoms in total. The molecule has 0 saturated carbocycles. The Morgan fingerprint density at radius 3 is 2.18 bits per heavy atom. The van der Waals surface area contributed by atoms with Crippen LogP contribution in [0.5, 0.6) is 17.2 Å². The number of primary sulfonamides is 1. The highest BCUT2D eigenvalue weighted by molar-refractivity contribution is 7.89. The molecular weight excluding hydrogens is 392 g/mol. The van der Waals surface area contributed by atoms with Crippen molar-refractivity contribution >= 4 is 27.6 Å². The summed E-state index contributed by atoms with van der Waals surface area (Å²) in [5, 5.41) is 20.1. The van der Waals surface area contributed by atoms with Crippen molar-refractivity contribution in [3.8, 4) is 17.2 Å². The summed E-state index contributed by atoms with van der Waals surface area (Å²) in [5.74, 6) is 1.22. The van der Waals surface area contributed by atoms with E-state index in [1.165, 1.54) is 33.6 Å². The highest BCUT2D eigenvalue weighted by Gasteiger charge is 2.19. The van der Waals surface area contributed by atoms with E-state index in [0.717, 1.165) is 12.1 Å². The molecular formula is C16H18N4O7S. The van der Waals surface area contributed by atoms with Crippen LogP contribution in [0, 0.1) is 10.1 Å². The maximum atomic E-state index is 11.4. The van der Waals surface area contributed by atoms with E-state index in [9.17, 15) is 18.5 Å². The lowest BCUT2D eigenvalue weighted by Crippen LogP contribution is -2.12. The molecule has 3 N–H and O–H groups in total. The van der Waals surface area contributed by atoms with Gasteiger partial charge in [0.05, 0.1) is 37.4 Å². The number of ether oxygens (including phenoxy) is 3. The first-order chi connectivity index (χ1) is 13.2. The zero-order chi connectivity index (χ0) is 20.9. The Kier molecular flexibility index (Phi) is 6.38. The number of benzene rings is 2. The molecule has 0 unspecified atom stereocenters. The van der Waals surface area contributed by atoms with Crippen LogP contribution in [0.4, 0.5) is 11.4 Å². The molecule has 0 fully saturated rings. The second kappa shape index (κ2) is 8.54. The summed E-state index contributed by atoms with van der Waals surface area (Å²) in [5.41, 5.74) is 2.56. The number of anilines is 1. The van der Waals surface area contributed by atoms with Crippen molar-refractivity contribution in [1.29, 1.82) is 0 Å². The second-order valence-corrected chi connectivity index (χ2v) is 6.87. The molecule has 2 aromatic carbocycles. The van der Waals surface area contributed by atoms with Crippen molar-refractivity contribution in [2.75, 3.05) is 26.8 Å². The van der Waals surface area contributed by atoms with Crippen LogP contribution in [0.1, 0.15) is 5.56 Å². The van der Waals surface area contributed by atoms with Gasteiger partial charge in [-0.25, -0.2) is 13.6 Å². The van der Waals surface area contributed by atoms with E-state index in [-0.39, 0.29) is 10.6 Å². The molecule has 0 aliphatic heterocycles. The van der Waals surface area contributed by atoms with Gasteiger partial charge in [0, 0.05) is 11.6 Å². The first-order valence-corrected chi connectivity index (χ1v) is 9.16. The van der Waals surface area contributed by atoms with E-state index in [2.05, 4.69) is 10.5 Å². The highest BCUT2D eigenvalue weighted by atomic mass is 32.2. The Balaban J connectivity index is 2.33. The summed E-state index contributed by atoms with van der Waals surface area (Å²) < 4.78 is 38.4. The third-order valence-electron chi connectivity index (χ3n) is 3.58. The van der Waals surface area contributed by atoms with Crippen molar-refractivity contribution in [1.82, 2.24) is 0 Å². The summed E-state index contributed by atoms with van der Waals surface area (Å²) >= 11 is 0. The minimum absolute atomic E-state index is 0.0129. The molecule has 0 saturated heterocycles. The largest absolute Gasteiger partial charge is 0.493 e. The van der Waals surface area contributed by atoms with Crippen LogP contribution in [0.25, 0.3) is 0 Å². The van der Waals surface area contributed by atoms with Crippen molar-refractivity contribution in [3.63, 3.8) is 0 Å². The van der Waals surface area contributed by atoms with Crippen LogP contribution >= 0.6 is 0 Å². The molecule has 12 heteroatoms. The second-order valence-electron chi connectivity index (χ2n) is 5.31. The Morgan fingerprint density at radius 2 is 1.71 bits per heavy atom. The molecule has 0 amide bonds. The molecule has 0 radical (unpaired) electrons. The fourth-order valence-electron chi connectivity index (χ4n) is 2.29. The standard InChI is InChI=1S/C16H18N4O7S/c1-25-14-6-10(7-15(26-2)16(14)27-3)9-18-19-12-5-4-11(28(17,23)24)8-13(12)20(21)22/h4-9,19H,1-3H3,(H2,17,23,24)/b18-9+. The Labute approximate surface area is 160 Å². The van der Waals surface area contributed by atoms with Gasteiger partial charge < -0.3 is 14.2 Å². The Morgan fingerprint density at radius 1 is 1.11 bits per heavy atom. The number of hydrogen-bond acceptors (Lipinski definition) is 9. The third-order valence-corrected chi connectivity index (χ3v) is 4.49. The van der Waals surface area contributed by atoms with Crippen molar-refractivity contribution < 1.29 is 27.6 Å². The summed E-state index contributed by atoms with van der Waals surface area (Å²) in [6.07, 6.45) is 1.38. The normalized spacial score (nSPS) is 11.3. The summed E-state index contributed by atoms with van der Waals surface area (Å²) in [7, 11) is 0.331. The average Bonchev–Trinajstić information content (AvgIpc) is 2.66. The number of nitro benzene ring substituents is 1. The van der Waals surface area contributed by atoms with E-state index >= 15 is 0 Å². The number of nitrogens with zero attached hydrogens (tertiary/aromatic N) is 2. The molecule has 28 heavy (non-hydrogen) atoms. The first kappa shape index (κ1) is 20.9. The quantitative estimate of drug-likeness (QED) is 0.378. The number of hydrogen-bond donors (Lipinski definition) is 2. The number of rotatable bonds is 8. The predicted molar refractivity (Wildman–Crippen MR) is 102 cm³/mol.